The number of hydrogen-bond donors (Lipinski definition) is 0. The standard InChI is InChI=1S/C15H16N2O3/c1-2-10-16-13(18)14(19)17(15(16)20)11-6-9-12-7-4-3-5-8-12/h2-5,7-8H,1,6,9-11H2. The van der Waals surface area contributed by atoms with Crippen LogP contribution in [0.2, 0.25) is 0 Å². The highest BCUT2D eigenvalue weighted by Crippen LogP contribution is 2.13. The Morgan fingerprint density at radius 1 is 1.00 bits per heavy atom. The van der Waals surface area contributed by atoms with Crippen molar-refractivity contribution in [3.05, 3.63) is 48.6 Å². The fourth-order valence-electron chi connectivity index (χ4n) is 2.12. The van der Waals surface area contributed by atoms with Gasteiger partial charge < -0.3 is 0 Å². The summed E-state index contributed by atoms with van der Waals surface area (Å²) in [5.41, 5.74) is 1.14. The van der Waals surface area contributed by atoms with E-state index in [4.69, 9.17) is 0 Å². The average Bonchev–Trinajstić information content (AvgIpc) is 2.66. The molecule has 1 saturated heterocycles. The summed E-state index contributed by atoms with van der Waals surface area (Å²) in [4.78, 5) is 37.2. The molecule has 4 amide bonds. The van der Waals surface area contributed by atoms with Gasteiger partial charge in [-0.15, -0.1) is 6.58 Å². The summed E-state index contributed by atoms with van der Waals surface area (Å²) in [6.07, 6.45) is 2.82. The smallest absolute Gasteiger partial charge is 0.263 e. The molecule has 0 aromatic heterocycles. The molecular formula is C15H16N2O3. The maximum Gasteiger partial charge on any atom is 0.334 e. The van der Waals surface area contributed by atoms with Crippen molar-refractivity contribution in [2.24, 2.45) is 0 Å². The number of amides is 4. The van der Waals surface area contributed by atoms with Crippen LogP contribution in [0.4, 0.5) is 4.79 Å². The molecule has 1 aromatic carbocycles. The van der Waals surface area contributed by atoms with Crippen LogP contribution in [-0.2, 0) is 16.0 Å². The minimum atomic E-state index is -0.769. The van der Waals surface area contributed by atoms with Gasteiger partial charge in [0.25, 0.3) is 0 Å². The fraction of sp³-hybridized carbons (Fsp3) is 0.267. The predicted molar refractivity (Wildman–Crippen MR) is 73.8 cm³/mol. The Hall–Kier alpha value is -2.43. The molecule has 0 spiro atoms. The zero-order valence-corrected chi connectivity index (χ0v) is 11.1. The molecule has 5 heteroatoms. The third kappa shape index (κ3) is 2.77. The SMILES string of the molecule is C=CCN1C(=O)C(=O)N(CCCc2ccccc2)C1=O. The first-order chi connectivity index (χ1) is 9.65. The first-order valence-corrected chi connectivity index (χ1v) is 6.47. The highest BCUT2D eigenvalue weighted by molar-refractivity contribution is 6.44. The zero-order chi connectivity index (χ0) is 14.5. The molecule has 1 heterocycles. The van der Waals surface area contributed by atoms with Crippen LogP contribution >= 0.6 is 0 Å². The van der Waals surface area contributed by atoms with E-state index in [-0.39, 0.29) is 13.1 Å². The number of benzene rings is 1. The normalized spacial score (nSPS) is 15.1. The second kappa shape index (κ2) is 6.14. The van der Waals surface area contributed by atoms with Gasteiger partial charge in [-0.3, -0.25) is 19.4 Å². The lowest BCUT2D eigenvalue weighted by Gasteiger charge is -2.14. The predicted octanol–water partition coefficient (Wildman–Crippen LogP) is 1.60. The topological polar surface area (TPSA) is 57.7 Å². The average molecular weight is 272 g/mol. The number of hydrogen-bond acceptors (Lipinski definition) is 3. The molecule has 20 heavy (non-hydrogen) atoms. The Labute approximate surface area is 117 Å². The van der Waals surface area contributed by atoms with Crippen LogP contribution in [0.3, 0.4) is 0 Å². The molecule has 1 aromatic rings. The van der Waals surface area contributed by atoms with Crippen LogP contribution in [0.25, 0.3) is 0 Å². The molecule has 0 N–H and O–H groups in total. The molecule has 0 unspecified atom stereocenters. The highest BCUT2D eigenvalue weighted by atomic mass is 16.2. The van der Waals surface area contributed by atoms with Crippen molar-refractivity contribution in [1.82, 2.24) is 9.80 Å². The van der Waals surface area contributed by atoms with E-state index >= 15 is 0 Å². The summed E-state index contributed by atoms with van der Waals surface area (Å²) in [5, 5.41) is 0. The van der Waals surface area contributed by atoms with Gasteiger partial charge in [-0.2, -0.15) is 0 Å². The van der Waals surface area contributed by atoms with E-state index in [1.54, 1.807) is 0 Å². The largest absolute Gasteiger partial charge is 0.334 e. The van der Waals surface area contributed by atoms with E-state index in [0.29, 0.717) is 6.42 Å². The van der Waals surface area contributed by atoms with Crippen LogP contribution in [0.15, 0.2) is 43.0 Å². The van der Waals surface area contributed by atoms with Crippen LogP contribution < -0.4 is 0 Å². The monoisotopic (exact) mass is 272 g/mol. The Balaban J connectivity index is 1.93. The van der Waals surface area contributed by atoms with E-state index in [2.05, 4.69) is 6.58 Å². The summed E-state index contributed by atoms with van der Waals surface area (Å²) in [7, 11) is 0. The minimum Gasteiger partial charge on any atom is -0.263 e. The molecule has 0 radical (unpaired) electrons. The van der Waals surface area contributed by atoms with Gasteiger partial charge in [-0.05, 0) is 18.4 Å². The van der Waals surface area contributed by atoms with Gasteiger partial charge in [0, 0.05) is 13.1 Å². The van der Waals surface area contributed by atoms with Crippen molar-refractivity contribution in [2.75, 3.05) is 13.1 Å². The first-order valence-electron chi connectivity index (χ1n) is 6.47. The van der Waals surface area contributed by atoms with E-state index in [1.807, 2.05) is 30.3 Å². The summed E-state index contributed by atoms with van der Waals surface area (Å²) < 4.78 is 0. The van der Waals surface area contributed by atoms with Gasteiger partial charge >= 0.3 is 17.8 Å². The molecule has 0 bridgehead atoms. The lowest BCUT2D eigenvalue weighted by atomic mass is 10.1. The molecule has 5 nitrogen and oxygen atoms in total. The number of imide groups is 2. The van der Waals surface area contributed by atoms with Crippen molar-refractivity contribution in [2.45, 2.75) is 12.8 Å². The third-order valence-corrected chi connectivity index (χ3v) is 3.14. The van der Waals surface area contributed by atoms with E-state index < -0.39 is 17.8 Å². The quantitative estimate of drug-likeness (QED) is 0.449. The van der Waals surface area contributed by atoms with E-state index in [0.717, 1.165) is 21.8 Å². The van der Waals surface area contributed by atoms with Gasteiger partial charge in [0.1, 0.15) is 0 Å². The fourth-order valence-corrected chi connectivity index (χ4v) is 2.12. The highest BCUT2D eigenvalue weighted by Gasteiger charge is 2.43. The summed E-state index contributed by atoms with van der Waals surface area (Å²) in [5.74, 6) is -1.51. The second-order valence-corrected chi connectivity index (χ2v) is 4.53. The summed E-state index contributed by atoms with van der Waals surface area (Å²) in [6, 6.07) is 9.25. The summed E-state index contributed by atoms with van der Waals surface area (Å²) >= 11 is 0. The maximum atomic E-state index is 11.9. The maximum absolute atomic E-state index is 11.9. The van der Waals surface area contributed by atoms with Gasteiger partial charge in [0.05, 0.1) is 0 Å². The molecule has 0 aliphatic carbocycles. The van der Waals surface area contributed by atoms with Crippen LogP contribution in [-0.4, -0.2) is 40.7 Å². The Bertz CT molecular complexity index is 539. The van der Waals surface area contributed by atoms with Gasteiger partial charge in [-0.1, -0.05) is 36.4 Å². The van der Waals surface area contributed by atoms with E-state index in [9.17, 15) is 14.4 Å². The van der Waals surface area contributed by atoms with Crippen LogP contribution in [0, 0.1) is 0 Å². The molecule has 1 aliphatic heterocycles. The van der Waals surface area contributed by atoms with Crippen molar-refractivity contribution in [1.29, 1.82) is 0 Å². The Kier molecular flexibility index (Phi) is 4.30. The summed E-state index contributed by atoms with van der Waals surface area (Å²) in [6.45, 7) is 3.79. The molecule has 104 valence electrons. The van der Waals surface area contributed by atoms with Crippen LogP contribution in [0.5, 0.6) is 0 Å². The number of rotatable bonds is 6. The first kappa shape index (κ1) is 14.0. The Morgan fingerprint density at radius 3 is 2.30 bits per heavy atom. The van der Waals surface area contributed by atoms with Crippen LogP contribution in [0.1, 0.15) is 12.0 Å². The van der Waals surface area contributed by atoms with Gasteiger partial charge in [-0.25, -0.2) is 4.79 Å². The van der Waals surface area contributed by atoms with Gasteiger partial charge in [0.15, 0.2) is 0 Å². The van der Waals surface area contributed by atoms with Crippen molar-refractivity contribution in [3.8, 4) is 0 Å². The van der Waals surface area contributed by atoms with Crippen molar-refractivity contribution in [3.63, 3.8) is 0 Å². The molecule has 2 rings (SSSR count). The lowest BCUT2D eigenvalue weighted by molar-refractivity contribution is -0.143. The molecule has 0 atom stereocenters. The van der Waals surface area contributed by atoms with Crippen molar-refractivity contribution < 1.29 is 14.4 Å². The number of carbonyl (C=O) groups is 3. The molecular weight excluding hydrogens is 256 g/mol. The number of aryl methyl sites for hydroxylation is 1. The minimum absolute atomic E-state index is 0.0680. The van der Waals surface area contributed by atoms with Crippen molar-refractivity contribution >= 4 is 17.8 Å². The number of nitrogens with zero attached hydrogens (tertiary/aromatic N) is 2. The Morgan fingerprint density at radius 2 is 1.65 bits per heavy atom. The van der Waals surface area contributed by atoms with Gasteiger partial charge in [0.2, 0.25) is 0 Å². The van der Waals surface area contributed by atoms with E-state index in [1.165, 1.54) is 6.08 Å². The number of carbonyl (C=O) groups excluding carboxylic acids is 3. The second-order valence-electron chi connectivity index (χ2n) is 4.53. The lowest BCUT2D eigenvalue weighted by Crippen LogP contribution is -2.34. The molecule has 0 saturated carbocycles. The third-order valence-electron chi connectivity index (χ3n) is 3.14. The zero-order valence-electron chi connectivity index (χ0n) is 11.1. The molecule has 1 aliphatic rings. The number of urea groups is 1. The molecule has 1 fully saturated rings.